The Hall–Kier alpha value is -2.12. The Labute approximate surface area is 132 Å². The molecule has 0 amide bonds. The number of hydrogen-bond donors (Lipinski definition) is 1. The number of nitrogens with two attached hydrogens (primary N) is 1. The van der Waals surface area contributed by atoms with Gasteiger partial charge in [-0.05, 0) is 18.9 Å². The number of rotatable bonds is 2. The van der Waals surface area contributed by atoms with Crippen LogP contribution in [0, 0.1) is 0 Å². The third kappa shape index (κ3) is 3.30. The van der Waals surface area contributed by atoms with Crippen molar-refractivity contribution in [2.75, 3.05) is 17.3 Å². The van der Waals surface area contributed by atoms with Crippen LogP contribution >= 0.6 is 0 Å². The molecule has 2 heterocycles. The number of anilines is 2. The summed E-state index contributed by atoms with van der Waals surface area (Å²) in [6.07, 6.45) is 4.37. The third-order valence-corrected chi connectivity index (χ3v) is 4.17. The highest BCUT2D eigenvalue weighted by atomic mass is 19.4. The normalized spacial score (nSPS) is 19.3. The zero-order valence-corrected chi connectivity index (χ0v) is 12.6. The topological polar surface area (TPSA) is 67.4 Å². The summed E-state index contributed by atoms with van der Waals surface area (Å²) < 4.78 is 41.2. The highest BCUT2D eigenvalue weighted by molar-refractivity contribution is 5.74. The van der Waals surface area contributed by atoms with Gasteiger partial charge < -0.3 is 10.6 Å². The molecule has 124 valence electrons. The molecule has 3 rings (SSSR count). The molecular weight excluding hydrogens is 307 g/mol. The SMILES string of the molecule is Nc1nc(C2CCCCC2)c(C(F)(F)F)c(N2C=CC=NC2)n1. The van der Waals surface area contributed by atoms with Crippen LogP contribution in [0.3, 0.4) is 0 Å². The number of nitrogen functional groups attached to an aromatic ring is 1. The Balaban J connectivity index is 2.12. The van der Waals surface area contributed by atoms with Crippen molar-refractivity contribution in [2.24, 2.45) is 4.99 Å². The number of nitrogens with zero attached hydrogens (tertiary/aromatic N) is 4. The number of halogens is 3. The molecule has 0 radical (unpaired) electrons. The zero-order chi connectivity index (χ0) is 16.4. The molecule has 2 aliphatic rings. The Morgan fingerprint density at radius 2 is 1.87 bits per heavy atom. The van der Waals surface area contributed by atoms with E-state index in [0.29, 0.717) is 12.8 Å². The minimum atomic E-state index is -4.54. The second kappa shape index (κ2) is 6.17. The molecule has 0 bridgehead atoms. The van der Waals surface area contributed by atoms with E-state index in [2.05, 4.69) is 15.0 Å². The second-order valence-corrected chi connectivity index (χ2v) is 5.78. The molecule has 1 aromatic heterocycles. The molecule has 23 heavy (non-hydrogen) atoms. The van der Waals surface area contributed by atoms with Gasteiger partial charge in [0.1, 0.15) is 12.2 Å². The molecule has 0 saturated heterocycles. The summed E-state index contributed by atoms with van der Waals surface area (Å²) in [6.45, 7) is 0.0835. The van der Waals surface area contributed by atoms with Gasteiger partial charge >= 0.3 is 6.18 Å². The first-order chi connectivity index (χ1) is 11.0. The minimum Gasteiger partial charge on any atom is -0.368 e. The van der Waals surface area contributed by atoms with E-state index in [4.69, 9.17) is 5.73 Å². The lowest BCUT2D eigenvalue weighted by Gasteiger charge is -2.28. The molecule has 0 spiro atoms. The molecule has 0 aromatic carbocycles. The molecule has 0 unspecified atom stereocenters. The highest BCUT2D eigenvalue weighted by Crippen LogP contribution is 2.44. The average Bonchev–Trinajstić information content (AvgIpc) is 2.54. The van der Waals surface area contributed by atoms with Crippen LogP contribution in [-0.2, 0) is 6.18 Å². The molecule has 0 atom stereocenters. The summed E-state index contributed by atoms with van der Waals surface area (Å²) in [5.41, 5.74) is 4.96. The molecule has 1 aliphatic heterocycles. The standard InChI is InChI=1S/C15H18F3N5/c16-15(17,18)11-12(10-5-2-1-3-6-10)21-14(19)22-13(11)23-8-4-7-20-9-23/h4,7-8,10H,1-3,5-6,9H2,(H2,19,21,22). The Morgan fingerprint density at radius 3 is 2.48 bits per heavy atom. The Bertz CT molecular complexity index is 633. The van der Waals surface area contributed by atoms with Crippen LogP contribution < -0.4 is 10.6 Å². The molecule has 8 heteroatoms. The monoisotopic (exact) mass is 325 g/mol. The number of alkyl halides is 3. The van der Waals surface area contributed by atoms with Crippen LogP contribution in [0.4, 0.5) is 24.9 Å². The summed E-state index contributed by atoms with van der Waals surface area (Å²) in [7, 11) is 0. The Morgan fingerprint density at radius 1 is 1.13 bits per heavy atom. The number of hydrogen-bond acceptors (Lipinski definition) is 5. The predicted molar refractivity (Wildman–Crippen MR) is 82.3 cm³/mol. The summed E-state index contributed by atoms with van der Waals surface area (Å²) in [4.78, 5) is 13.2. The van der Waals surface area contributed by atoms with Gasteiger partial charge in [-0.1, -0.05) is 19.3 Å². The van der Waals surface area contributed by atoms with Gasteiger partial charge in [-0.15, -0.1) is 0 Å². The van der Waals surface area contributed by atoms with Crippen LogP contribution in [-0.4, -0.2) is 22.9 Å². The second-order valence-electron chi connectivity index (χ2n) is 5.78. The minimum absolute atomic E-state index is 0.0302. The van der Waals surface area contributed by atoms with E-state index < -0.39 is 11.7 Å². The van der Waals surface area contributed by atoms with Crippen LogP contribution in [0.25, 0.3) is 0 Å². The van der Waals surface area contributed by atoms with Crippen LogP contribution in [0.1, 0.15) is 49.3 Å². The van der Waals surface area contributed by atoms with Gasteiger partial charge in [-0.3, -0.25) is 4.99 Å². The molecule has 1 fully saturated rings. The largest absolute Gasteiger partial charge is 0.421 e. The van der Waals surface area contributed by atoms with Crippen molar-refractivity contribution in [3.63, 3.8) is 0 Å². The van der Waals surface area contributed by atoms with Crippen molar-refractivity contribution in [2.45, 2.75) is 44.2 Å². The van der Waals surface area contributed by atoms with E-state index in [-0.39, 0.29) is 30.0 Å². The Kier molecular flexibility index (Phi) is 4.23. The molecule has 1 aliphatic carbocycles. The van der Waals surface area contributed by atoms with Crippen molar-refractivity contribution in [3.8, 4) is 0 Å². The maximum Gasteiger partial charge on any atom is 0.421 e. The van der Waals surface area contributed by atoms with Gasteiger partial charge in [0.15, 0.2) is 5.82 Å². The summed E-state index contributed by atoms with van der Waals surface area (Å²) in [6, 6.07) is 0. The first kappa shape index (κ1) is 15.8. The van der Waals surface area contributed by atoms with Crippen molar-refractivity contribution in [3.05, 3.63) is 23.5 Å². The number of allylic oxidation sites excluding steroid dienone is 1. The van der Waals surface area contributed by atoms with Crippen molar-refractivity contribution < 1.29 is 13.2 Å². The quantitative estimate of drug-likeness (QED) is 0.904. The third-order valence-electron chi connectivity index (χ3n) is 4.17. The summed E-state index contributed by atoms with van der Waals surface area (Å²) in [5, 5.41) is 0. The molecule has 2 N–H and O–H groups in total. The maximum atomic E-state index is 13.7. The number of aromatic nitrogens is 2. The van der Waals surface area contributed by atoms with Crippen molar-refractivity contribution in [1.82, 2.24) is 9.97 Å². The zero-order valence-electron chi connectivity index (χ0n) is 12.6. The lowest BCUT2D eigenvalue weighted by molar-refractivity contribution is -0.138. The van der Waals surface area contributed by atoms with E-state index in [1.165, 1.54) is 17.3 Å². The van der Waals surface area contributed by atoms with Crippen LogP contribution in [0.5, 0.6) is 0 Å². The van der Waals surface area contributed by atoms with Gasteiger partial charge in [0, 0.05) is 18.3 Å². The number of aliphatic imine (C=N–C) groups is 1. The van der Waals surface area contributed by atoms with Gasteiger partial charge in [-0.2, -0.15) is 18.2 Å². The summed E-state index contributed by atoms with van der Waals surface area (Å²) >= 11 is 0. The fourth-order valence-corrected chi connectivity index (χ4v) is 3.16. The van der Waals surface area contributed by atoms with Gasteiger partial charge in [0.25, 0.3) is 0 Å². The molecular formula is C15H18F3N5. The summed E-state index contributed by atoms with van der Waals surface area (Å²) in [5.74, 6) is -0.558. The van der Waals surface area contributed by atoms with Crippen LogP contribution in [0.2, 0.25) is 0 Å². The lowest BCUT2D eigenvalue weighted by Crippen LogP contribution is -2.27. The molecule has 1 aromatic rings. The van der Waals surface area contributed by atoms with Gasteiger partial charge in [-0.25, -0.2) is 4.98 Å². The lowest BCUT2D eigenvalue weighted by atomic mass is 9.85. The first-order valence-electron chi connectivity index (χ1n) is 7.64. The van der Waals surface area contributed by atoms with Crippen molar-refractivity contribution >= 4 is 18.0 Å². The molecule has 5 nitrogen and oxygen atoms in total. The van der Waals surface area contributed by atoms with Crippen LogP contribution in [0.15, 0.2) is 17.3 Å². The molecule has 1 saturated carbocycles. The maximum absolute atomic E-state index is 13.7. The first-order valence-corrected chi connectivity index (χ1v) is 7.64. The van der Waals surface area contributed by atoms with E-state index in [0.717, 1.165) is 19.3 Å². The smallest absolute Gasteiger partial charge is 0.368 e. The fraction of sp³-hybridized carbons (Fsp3) is 0.533. The van der Waals surface area contributed by atoms with Crippen molar-refractivity contribution in [1.29, 1.82) is 0 Å². The van der Waals surface area contributed by atoms with E-state index in [1.807, 2.05) is 0 Å². The van der Waals surface area contributed by atoms with E-state index in [9.17, 15) is 13.2 Å². The predicted octanol–water partition coefficient (Wildman–Crippen LogP) is 3.49. The van der Waals surface area contributed by atoms with E-state index >= 15 is 0 Å². The highest BCUT2D eigenvalue weighted by Gasteiger charge is 2.41. The van der Waals surface area contributed by atoms with E-state index in [1.54, 1.807) is 6.08 Å². The van der Waals surface area contributed by atoms with Gasteiger partial charge in [0.05, 0.1) is 5.69 Å². The fourth-order valence-electron chi connectivity index (χ4n) is 3.16. The van der Waals surface area contributed by atoms with Gasteiger partial charge in [0.2, 0.25) is 5.95 Å². The average molecular weight is 325 g/mol.